The fraction of sp³-hybridized carbons (Fsp3) is 0.476. The van der Waals surface area contributed by atoms with E-state index in [2.05, 4.69) is 11.2 Å². The number of ketones is 1. The van der Waals surface area contributed by atoms with Gasteiger partial charge in [0.1, 0.15) is 0 Å². The van der Waals surface area contributed by atoms with Gasteiger partial charge in [-0.1, -0.05) is 23.8 Å². The highest BCUT2D eigenvalue weighted by Crippen LogP contribution is 2.25. The molecule has 138 valence electrons. The van der Waals surface area contributed by atoms with Gasteiger partial charge >= 0.3 is 0 Å². The first-order valence-electron chi connectivity index (χ1n) is 9.20. The van der Waals surface area contributed by atoms with Crippen LogP contribution >= 0.6 is 0 Å². The minimum Gasteiger partial charge on any atom is -0.338 e. The Labute approximate surface area is 155 Å². The lowest BCUT2D eigenvalue weighted by atomic mass is 9.86. The third-order valence-corrected chi connectivity index (χ3v) is 5.52. The van der Waals surface area contributed by atoms with Crippen LogP contribution in [0.15, 0.2) is 18.2 Å². The normalized spacial score (nSPS) is 15.3. The van der Waals surface area contributed by atoms with E-state index < -0.39 is 0 Å². The maximum absolute atomic E-state index is 12.9. The molecule has 3 rings (SSSR count). The molecule has 1 aliphatic heterocycles. The van der Waals surface area contributed by atoms with Crippen LogP contribution in [0, 0.1) is 33.6 Å². The first-order chi connectivity index (χ1) is 12.3. The van der Waals surface area contributed by atoms with Crippen molar-refractivity contribution in [3.63, 3.8) is 0 Å². The smallest absolute Gasteiger partial charge is 0.257 e. The van der Waals surface area contributed by atoms with Crippen LogP contribution in [0.25, 0.3) is 0 Å². The third-order valence-electron chi connectivity index (χ3n) is 5.52. The van der Waals surface area contributed by atoms with Gasteiger partial charge in [-0.2, -0.15) is 5.10 Å². The number of Topliss-reactive ketones (excluding diaryl/α,β-unsaturated/α-hetero) is 1. The molecule has 26 heavy (non-hydrogen) atoms. The molecule has 0 unspecified atom stereocenters. The molecule has 0 aliphatic carbocycles. The highest BCUT2D eigenvalue weighted by molar-refractivity contribution is 6.00. The fourth-order valence-electron chi connectivity index (χ4n) is 3.90. The van der Waals surface area contributed by atoms with Gasteiger partial charge in [0.25, 0.3) is 5.91 Å². The van der Waals surface area contributed by atoms with E-state index in [4.69, 9.17) is 0 Å². The van der Waals surface area contributed by atoms with E-state index >= 15 is 0 Å². The van der Waals surface area contributed by atoms with Crippen molar-refractivity contribution in [1.82, 2.24) is 14.7 Å². The monoisotopic (exact) mass is 353 g/mol. The van der Waals surface area contributed by atoms with Crippen molar-refractivity contribution in [1.29, 1.82) is 0 Å². The number of aryl methyl sites for hydroxylation is 4. The molecule has 0 radical (unpaired) electrons. The van der Waals surface area contributed by atoms with Crippen molar-refractivity contribution < 1.29 is 9.59 Å². The van der Waals surface area contributed by atoms with Crippen LogP contribution in [0.1, 0.15) is 56.1 Å². The summed E-state index contributed by atoms with van der Waals surface area (Å²) in [6.45, 7) is 9.06. The van der Waals surface area contributed by atoms with E-state index in [-0.39, 0.29) is 17.6 Å². The van der Waals surface area contributed by atoms with Crippen molar-refractivity contribution in [2.24, 2.45) is 13.0 Å². The molecule has 1 aromatic heterocycles. The summed E-state index contributed by atoms with van der Waals surface area (Å²) < 4.78 is 1.75. The summed E-state index contributed by atoms with van der Waals surface area (Å²) in [7, 11) is 1.86. The Hall–Kier alpha value is -2.43. The van der Waals surface area contributed by atoms with Crippen LogP contribution in [-0.2, 0) is 7.05 Å². The Morgan fingerprint density at radius 2 is 1.73 bits per heavy atom. The van der Waals surface area contributed by atoms with Crippen LogP contribution in [0.5, 0.6) is 0 Å². The Balaban J connectivity index is 1.69. The molecule has 1 aromatic carbocycles. The van der Waals surface area contributed by atoms with Gasteiger partial charge in [0.2, 0.25) is 0 Å². The van der Waals surface area contributed by atoms with Crippen molar-refractivity contribution in [3.05, 3.63) is 51.8 Å². The standard InChI is InChI=1S/C21H27N3O2/c1-13-6-7-18(14(2)12-13)20(25)17-8-10-24(11-9-17)21(26)19-15(3)22-23(5)16(19)4/h6-7,12,17H,8-11H2,1-5H3. The molecule has 1 fully saturated rings. The van der Waals surface area contributed by atoms with Crippen molar-refractivity contribution in [3.8, 4) is 0 Å². The van der Waals surface area contributed by atoms with Crippen LogP contribution in [0.4, 0.5) is 0 Å². The molecule has 1 saturated heterocycles. The van der Waals surface area contributed by atoms with E-state index in [1.165, 1.54) is 5.56 Å². The van der Waals surface area contributed by atoms with Gasteiger partial charge < -0.3 is 4.90 Å². The van der Waals surface area contributed by atoms with Crippen LogP contribution in [-0.4, -0.2) is 39.5 Å². The van der Waals surface area contributed by atoms with Gasteiger partial charge in [-0.15, -0.1) is 0 Å². The number of hydrogen-bond acceptors (Lipinski definition) is 3. The number of amides is 1. The number of rotatable bonds is 3. The Kier molecular flexibility index (Phi) is 4.99. The van der Waals surface area contributed by atoms with Gasteiger partial charge in [-0.05, 0) is 46.1 Å². The lowest BCUT2D eigenvalue weighted by molar-refractivity contribution is 0.0648. The molecular weight excluding hydrogens is 326 g/mol. The predicted molar refractivity (Wildman–Crippen MR) is 102 cm³/mol. The number of likely N-dealkylation sites (tertiary alicyclic amines) is 1. The molecule has 1 amide bonds. The van der Waals surface area contributed by atoms with Gasteiger partial charge in [0.05, 0.1) is 11.3 Å². The van der Waals surface area contributed by atoms with E-state index in [0.717, 1.165) is 35.4 Å². The van der Waals surface area contributed by atoms with Crippen LogP contribution < -0.4 is 0 Å². The highest BCUT2D eigenvalue weighted by atomic mass is 16.2. The summed E-state index contributed by atoms with van der Waals surface area (Å²) in [5.74, 6) is 0.241. The molecule has 0 saturated carbocycles. The quantitative estimate of drug-likeness (QED) is 0.795. The molecule has 0 N–H and O–H groups in total. The second-order valence-electron chi connectivity index (χ2n) is 7.42. The van der Waals surface area contributed by atoms with Gasteiger partial charge in [0, 0.05) is 37.3 Å². The first-order valence-corrected chi connectivity index (χ1v) is 9.20. The second-order valence-corrected chi connectivity index (χ2v) is 7.42. The number of piperidine rings is 1. The van der Waals surface area contributed by atoms with Gasteiger partial charge in [-0.3, -0.25) is 14.3 Å². The number of carbonyl (C=O) groups excluding carboxylic acids is 2. The number of aromatic nitrogens is 2. The molecule has 5 heteroatoms. The number of nitrogens with zero attached hydrogens (tertiary/aromatic N) is 3. The number of benzene rings is 1. The predicted octanol–water partition coefficient (Wildman–Crippen LogP) is 3.39. The van der Waals surface area contributed by atoms with Crippen molar-refractivity contribution in [2.45, 2.75) is 40.5 Å². The lowest BCUT2D eigenvalue weighted by Gasteiger charge is -2.31. The molecule has 2 heterocycles. The zero-order chi connectivity index (χ0) is 19.0. The van der Waals surface area contributed by atoms with E-state index in [0.29, 0.717) is 18.7 Å². The highest BCUT2D eigenvalue weighted by Gasteiger charge is 2.30. The van der Waals surface area contributed by atoms with Crippen molar-refractivity contribution in [2.75, 3.05) is 13.1 Å². The summed E-state index contributed by atoms with van der Waals surface area (Å²) in [4.78, 5) is 27.6. The van der Waals surface area contributed by atoms with E-state index in [1.54, 1.807) is 4.68 Å². The molecule has 0 atom stereocenters. The third kappa shape index (κ3) is 3.30. The summed E-state index contributed by atoms with van der Waals surface area (Å²) in [5, 5.41) is 4.34. The minimum atomic E-state index is -0.00320. The average molecular weight is 353 g/mol. The fourth-order valence-corrected chi connectivity index (χ4v) is 3.90. The maximum Gasteiger partial charge on any atom is 0.257 e. The van der Waals surface area contributed by atoms with Crippen LogP contribution in [0.3, 0.4) is 0 Å². The molecular formula is C21H27N3O2. The summed E-state index contributed by atoms with van der Waals surface area (Å²) in [6.07, 6.45) is 1.44. The number of hydrogen-bond donors (Lipinski definition) is 0. The van der Waals surface area contributed by atoms with Gasteiger partial charge in [0.15, 0.2) is 5.78 Å². The largest absolute Gasteiger partial charge is 0.338 e. The Bertz CT molecular complexity index is 858. The van der Waals surface area contributed by atoms with Crippen molar-refractivity contribution >= 4 is 11.7 Å². The summed E-state index contributed by atoms with van der Waals surface area (Å²) >= 11 is 0. The molecule has 5 nitrogen and oxygen atoms in total. The zero-order valence-electron chi connectivity index (χ0n) is 16.3. The average Bonchev–Trinajstić information content (AvgIpc) is 2.86. The molecule has 0 bridgehead atoms. The van der Waals surface area contributed by atoms with E-state index in [1.807, 2.05) is 51.8 Å². The molecule has 2 aromatic rings. The topological polar surface area (TPSA) is 55.2 Å². The number of carbonyl (C=O) groups is 2. The molecule has 0 spiro atoms. The summed E-state index contributed by atoms with van der Waals surface area (Å²) in [6, 6.07) is 5.99. The minimum absolute atomic E-state index is 0.00320. The first kappa shape index (κ1) is 18.4. The van der Waals surface area contributed by atoms with Crippen LogP contribution in [0.2, 0.25) is 0 Å². The Morgan fingerprint density at radius 3 is 2.27 bits per heavy atom. The second kappa shape index (κ2) is 7.06. The Morgan fingerprint density at radius 1 is 1.08 bits per heavy atom. The zero-order valence-corrected chi connectivity index (χ0v) is 16.3. The lowest BCUT2D eigenvalue weighted by Crippen LogP contribution is -2.40. The summed E-state index contributed by atoms with van der Waals surface area (Å²) in [5.41, 5.74) is 5.38. The molecule has 1 aliphatic rings. The SMILES string of the molecule is Cc1ccc(C(=O)C2CCN(C(=O)c3c(C)nn(C)c3C)CC2)c(C)c1. The maximum atomic E-state index is 12.9. The van der Waals surface area contributed by atoms with E-state index in [9.17, 15) is 9.59 Å². The van der Waals surface area contributed by atoms with Gasteiger partial charge in [-0.25, -0.2) is 0 Å².